The quantitative estimate of drug-likeness (QED) is 0.0401. The first-order valence-electron chi connectivity index (χ1n) is 26.3. The van der Waals surface area contributed by atoms with Crippen LogP contribution in [0.25, 0.3) is 73.6 Å². The van der Waals surface area contributed by atoms with Gasteiger partial charge in [-0.05, 0) is 0 Å². The van der Waals surface area contributed by atoms with Gasteiger partial charge >= 0.3 is 386 Å². The van der Waals surface area contributed by atoms with Crippen LogP contribution in [0.5, 0.6) is 0 Å². The molecule has 0 saturated carbocycles. The number of rotatable bonds is 26. The van der Waals surface area contributed by atoms with Crippen molar-refractivity contribution in [1.82, 2.24) is 17.5 Å². The van der Waals surface area contributed by atoms with Gasteiger partial charge in [-0.1, -0.05) is 52.4 Å². The Hall–Kier alpha value is -3.04. The molecule has 69 heavy (non-hydrogen) atoms. The molecular weight excluding hydrogens is 987 g/mol. The minimum atomic E-state index is -2.99. The summed E-state index contributed by atoms with van der Waals surface area (Å²) in [5.74, 6) is 0.711. The normalized spacial score (nSPS) is 14.6. The maximum atomic E-state index is 17.2. The Morgan fingerprint density at radius 3 is 1.29 bits per heavy atom. The molecule has 0 aliphatic carbocycles. The zero-order valence-corrected chi connectivity index (χ0v) is 47.5. The zero-order valence-electron chi connectivity index (χ0n) is 41.5. The van der Waals surface area contributed by atoms with E-state index in [4.69, 9.17) is 17.5 Å². The minimum absolute atomic E-state index is 0.232. The first-order valence-corrected chi connectivity index (χ1v) is 33.8. The number of halogens is 2. The van der Waals surface area contributed by atoms with Gasteiger partial charge in [0.15, 0.2) is 0 Å². The average Bonchev–Trinajstić information content (AvgIpc) is 4.22. The molecule has 2 aromatic carbocycles. The molecule has 0 bridgehead atoms. The standard InChI is InChI=1S/C56H69F2N4S6Si/c1-7-13-17-19-23-37-25-27-43(63-37)39-29-41(57)49(53-51(39)59-67-61-53)45-31-47-55(65-45)56-48(69(47,33-35(11-5)21-15-9-3)34-36(12-6)22-16-10-4)32-46(66-56)50-42(58)30-40(52-54(50)62-68-60-52)44-28-26-38(64-44)24-20-18-14-8-2/h25-32,35-36,69H,7-24,33-34H2,1-6H3/q-1. The van der Waals surface area contributed by atoms with Crippen molar-refractivity contribution in [3.8, 4) is 51.5 Å². The van der Waals surface area contributed by atoms with E-state index < -0.39 is 8.07 Å². The predicted octanol–water partition coefficient (Wildman–Crippen LogP) is 18.8. The van der Waals surface area contributed by atoms with Crippen LogP contribution in [0.2, 0.25) is 12.1 Å². The van der Waals surface area contributed by atoms with Crippen molar-refractivity contribution in [2.75, 3.05) is 0 Å². The van der Waals surface area contributed by atoms with Gasteiger partial charge in [0.25, 0.3) is 0 Å². The molecule has 1 aliphatic rings. The predicted molar refractivity (Wildman–Crippen MR) is 305 cm³/mol. The summed E-state index contributed by atoms with van der Waals surface area (Å²) in [5, 5.41) is 2.98. The van der Waals surface area contributed by atoms with Crippen molar-refractivity contribution < 1.29 is 8.78 Å². The van der Waals surface area contributed by atoms with E-state index in [-0.39, 0.29) is 11.6 Å². The molecule has 6 aromatic heterocycles. The summed E-state index contributed by atoms with van der Waals surface area (Å²) in [4.78, 5) is 9.23. The number of unbranched alkanes of at least 4 members (excludes halogenated alkanes) is 8. The van der Waals surface area contributed by atoms with Crippen molar-refractivity contribution in [3.05, 3.63) is 69.9 Å². The fraction of sp³-hybridized carbons (Fsp3) is 0.500. The second-order valence-electron chi connectivity index (χ2n) is 20.0. The van der Waals surface area contributed by atoms with Gasteiger partial charge in [-0.2, -0.15) is 0 Å². The molecule has 0 amide bonds. The molecule has 0 radical (unpaired) electrons. The number of thiophene rings is 4. The first-order chi connectivity index (χ1) is 33.7. The van der Waals surface area contributed by atoms with E-state index in [2.05, 4.69) is 77.9 Å². The Labute approximate surface area is 434 Å². The van der Waals surface area contributed by atoms with E-state index in [0.29, 0.717) is 34.0 Å². The fourth-order valence-corrected chi connectivity index (χ4v) is 26.6. The van der Waals surface area contributed by atoms with Gasteiger partial charge in [0.1, 0.15) is 0 Å². The fourth-order valence-electron chi connectivity index (χ4n) is 11.5. The molecule has 0 spiro atoms. The molecule has 9 rings (SSSR count). The van der Waals surface area contributed by atoms with Crippen LogP contribution in [0.3, 0.4) is 0 Å². The van der Waals surface area contributed by atoms with Crippen LogP contribution >= 0.6 is 68.8 Å². The molecule has 1 aliphatic heterocycles. The van der Waals surface area contributed by atoms with Gasteiger partial charge in [0.05, 0.1) is 0 Å². The number of aromatic nitrogens is 4. The van der Waals surface area contributed by atoms with Crippen molar-refractivity contribution in [3.63, 3.8) is 0 Å². The number of nitrogens with zero attached hydrogens (tertiary/aromatic N) is 4. The van der Waals surface area contributed by atoms with E-state index in [1.807, 2.05) is 0 Å². The summed E-state index contributed by atoms with van der Waals surface area (Å²) < 4.78 is 53.9. The molecule has 0 N–H and O–H groups in total. The SMILES string of the molecule is CCCCCCc1ccc(-c2cc(F)c(-c3cc4c(s3)-c3sc(-c5c(F)cc(-c6ccc(CCCCCC)s6)c6nsnc56)cc3[SiH-]4(CC(CC)CCCC)CC(CC)CCCC)c3nsnc23)s1. The number of hydrogen-bond acceptors (Lipinski definition) is 10. The van der Waals surface area contributed by atoms with Crippen molar-refractivity contribution >= 4 is 109 Å². The Morgan fingerprint density at radius 2 is 0.884 bits per heavy atom. The van der Waals surface area contributed by atoms with Gasteiger partial charge in [-0.25, -0.2) is 0 Å². The molecule has 0 saturated heterocycles. The van der Waals surface area contributed by atoms with Crippen molar-refractivity contribution in [1.29, 1.82) is 0 Å². The third-order valence-corrected chi connectivity index (χ3v) is 27.9. The summed E-state index contributed by atoms with van der Waals surface area (Å²) in [6.45, 7) is 13.9. The second kappa shape index (κ2) is 23.2. The summed E-state index contributed by atoms with van der Waals surface area (Å²) in [6.07, 6.45) is 21.4. The maximum absolute atomic E-state index is 17.2. The second-order valence-corrected chi connectivity index (χ2v) is 30.2. The van der Waals surface area contributed by atoms with Crippen LogP contribution in [0.1, 0.15) is 154 Å². The zero-order chi connectivity index (χ0) is 48.1. The molecular formula is C56H69F2N4S6Si-. The van der Waals surface area contributed by atoms with E-state index >= 15 is 8.78 Å². The first kappa shape index (κ1) is 50.9. The van der Waals surface area contributed by atoms with E-state index in [9.17, 15) is 0 Å². The van der Waals surface area contributed by atoms with Crippen LogP contribution in [0.4, 0.5) is 8.78 Å². The van der Waals surface area contributed by atoms with Crippen LogP contribution < -0.4 is 10.4 Å². The van der Waals surface area contributed by atoms with Crippen LogP contribution in [0.15, 0.2) is 48.5 Å². The van der Waals surface area contributed by atoms with Crippen LogP contribution in [-0.2, 0) is 12.8 Å². The van der Waals surface area contributed by atoms with Gasteiger partial charge in [-0.3, -0.25) is 0 Å². The molecule has 0 fully saturated rings. The number of benzene rings is 2. The monoisotopic (exact) mass is 1060 g/mol. The summed E-state index contributed by atoms with van der Waals surface area (Å²) >= 11 is 9.37. The molecule has 2 atom stereocenters. The number of fused-ring (bicyclic) bond motifs is 5. The third kappa shape index (κ3) is 10.5. The number of hydrogen-bond donors (Lipinski definition) is 0. The summed E-state index contributed by atoms with van der Waals surface area (Å²) in [6, 6.07) is 19.4. The molecule has 368 valence electrons. The summed E-state index contributed by atoms with van der Waals surface area (Å²) in [5.41, 5.74) is 5.73. The van der Waals surface area contributed by atoms with Crippen LogP contribution in [-0.4, -0.2) is 25.6 Å². The summed E-state index contributed by atoms with van der Waals surface area (Å²) in [7, 11) is -2.99. The van der Waals surface area contributed by atoms with Crippen molar-refractivity contribution in [2.24, 2.45) is 11.8 Å². The molecule has 4 nitrogen and oxygen atoms in total. The van der Waals surface area contributed by atoms with Gasteiger partial charge in [0, 0.05) is 0 Å². The van der Waals surface area contributed by atoms with Gasteiger partial charge in [0.2, 0.25) is 0 Å². The molecule has 7 heterocycles. The topological polar surface area (TPSA) is 51.6 Å². The van der Waals surface area contributed by atoms with Gasteiger partial charge < -0.3 is 0 Å². The van der Waals surface area contributed by atoms with Gasteiger partial charge in [-0.15, -0.1) is 0 Å². The number of aryl methyl sites for hydroxylation is 2. The Balaban J connectivity index is 1.17. The molecule has 2 unspecified atom stereocenters. The third-order valence-electron chi connectivity index (χ3n) is 15.4. The molecule has 13 heteroatoms. The van der Waals surface area contributed by atoms with E-state index in [0.717, 1.165) is 67.4 Å². The van der Waals surface area contributed by atoms with Crippen LogP contribution in [0, 0.1) is 23.5 Å². The average molecular weight is 1060 g/mol. The Kier molecular flexibility index (Phi) is 17.1. The van der Waals surface area contributed by atoms with E-state index in [1.165, 1.54) is 155 Å². The Bertz CT molecular complexity index is 2770. The molecule has 8 aromatic rings. The van der Waals surface area contributed by atoms with E-state index in [1.54, 1.807) is 57.5 Å². The van der Waals surface area contributed by atoms with Crippen molar-refractivity contribution in [2.45, 2.75) is 169 Å². The Morgan fingerprint density at radius 1 is 0.464 bits per heavy atom.